The standard InChI is InChI=1S/C14H16F3NO5/c1-13(7-22-2,12(20)21)18-11(19)9-3-5-10(6-4-9)23-8-14(15,16)17/h3-6H,7-8H2,1-2H3,(H,18,19)(H,20,21). The van der Waals surface area contributed by atoms with Gasteiger partial charge in [0, 0.05) is 12.7 Å². The Morgan fingerprint density at radius 1 is 1.17 bits per heavy atom. The van der Waals surface area contributed by atoms with Gasteiger partial charge < -0.3 is 19.9 Å². The summed E-state index contributed by atoms with van der Waals surface area (Å²) in [6.07, 6.45) is -4.46. The highest BCUT2D eigenvalue weighted by atomic mass is 19.4. The number of ether oxygens (including phenoxy) is 2. The number of carboxylic acids is 1. The molecule has 1 atom stereocenters. The van der Waals surface area contributed by atoms with Crippen LogP contribution in [0.25, 0.3) is 0 Å². The maximum Gasteiger partial charge on any atom is 0.422 e. The van der Waals surface area contributed by atoms with Gasteiger partial charge in [0.25, 0.3) is 5.91 Å². The zero-order valence-corrected chi connectivity index (χ0v) is 12.4. The van der Waals surface area contributed by atoms with E-state index in [4.69, 9.17) is 9.84 Å². The van der Waals surface area contributed by atoms with E-state index in [1.54, 1.807) is 0 Å². The number of aliphatic carboxylic acids is 1. The molecule has 1 aromatic rings. The lowest BCUT2D eigenvalue weighted by molar-refractivity contribution is -0.153. The lowest BCUT2D eigenvalue weighted by atomic mass is 10.0. The third-order valence-corrected chi connectivity index (χ3v) is 2.81. The molecule has 0 aliphatic carbocycles. The summed E-state index contributed by atoms with van der Waals surface area (Å²) in [6, 6.07) is 4.84. The molecule has 23 heavy (non-hydrogen) atoms. The third kappa shape index (κ3) is 5.78. The Kier molecular flexibility index (Phi) is 5.97. The third-order valence-electron chi connectivity index (χ3n) is 2.81. The normalized spacial score (nSPS) is 14.0. The topological polar surface area (TPSA) is 84.9 Å². The van der Waals surface area contributed by atoms with Crippen molar-refractivity contribution in [2.75, 3.05) is 20.3 Å². The number of hydrogen-bond donors (Lipinski definition) is 2. The van der Waals surface area contributed by atoms with Crippen molar-refractivity contribution in [3.8, 4) is 5.75 Å². The van der Waals surface area contributed by atoms with Crippen molar-refractivity contribution in [2.24, 2.45) is 0 Å². The fourth-order valence-corrected chi connectivity index (χ4v) is 1.63. The van der Waals surface area contributed by atoms with Gasteiger partial charge in [-0.3, -0.25) is 4.79 Å². The molecule has 2 N–H and O–H groups in total. The van der Waals surface area contributed by atoms with E-state index in [0.29, 0.717) is 0 Å². The molecule has 9 heteroatoms. The van der Waals surface area contributed by atoms with Gasteiger partial charge in [-0.25, -0.2) is 4.79 Å². The van der Waals surface area contributed by atoms with E-state index in [-0.39, 0.29) is 17.9 Å². The molecule has 0 fully saturated rings. The van der Waals surface area contributed by atoms with Crippen molar-refractivity contribution in [3.63, 3.8) is 0 Å². The molecule has 0 saturated heterocycles. The molecule has 0 aromatic heterocycles. The lowest BCUT2D eigenvalue weighted by Gasteiger charge is -2.25. The molecular weight excluding hydrogens is 319 g/mol. The Hall–Kier alpha value is -2.29. The molecule has 1 amide bonds. The van der Waals surface area contributed by atoms with Crippen LogP contribution < -0.4 is 10.1 Å². The number of carbonyl (C=O) groups excluding carboxylic acids is 1. The van der Waals surface area contributed by atoms with E-state index in [0.717, 1.165) is 0 Å². The van der Waals surface area contributed by atoms with E-state index in [2.05, 4.69) is 10.1 Å². The molecule has 1 unspecified atom stereocenters. The van der Waals surface area contributed by atoms with Crippen LogP contribution in [0, 0.1) is 0 Å². The van der Waals surface area contributed by atoms with E-state index in [1.165, 1.54) is 38.3 Å². The highest BCUT2D eigenvalue weighted by Crippen LogP contribution is 2.19. The number of methoxy groups -OCH3 is 1. The molecule has 1 aromatic carbocycles. The van der Waals surface area contributed by atoms with E-state index < -0.39 is 30.2 Å². The van der Waals surface area contributed by atoms with Crippen molar-refractivity contribution in [1.82, 2.24) is 5.32 Å². The quantitative estimate of drug-likeness (QED) is 0.794. The zero-order valence-electron chi connectivity index (χ0n) is 12.4. The Balaban J connectivity index is 2.75. The highest BCUT2D eigenvalue weighted by molar-refractivity contribution is 5.97. The second-order valence-corrected chi connectivity index (χ2v) is 4.95. The SMILES string of the molecule is COCC(C)(NC(=O)c1ccc(OCC(F)(F)F)cc1)C(=O)O. The van der Waals surface area contributed by atoms with Crippen LogP contribution in [0.4, 0.5) is 13.2 Å². The number of halogens is 3. The fraction of sp³-hybridized carbons (Fsp3) is 0.429. The Bertz CT molecular complexity index is 559. The van der Waals surface area contributed by atoms with E-state index in [9.17, 15) is 22.8 Å². The van der Waals surface area contributed by atoms with Gasteiger partial charge in [-0.05, 0) is 31.2 Å². The number of nitrogens with one attached hydrogen (secondary N) is 1. The predicted molar refractivity (Wildman–Crippen MR) is 73.4 cm³/mol. The second-order valence-electron chi connectivity index (χ2n) is 4.95. The Labute approximate surface area is 130 Å². The van der Waals surface area contributed by atoms with Crippen molar-refractivity contribution < 1.29 is 37.3 Å². The van der Waals surface area contributed by atoms with Gasteiger partial charge in [-0.15, -0.1) is 0 Å². The van der Waals surface area contributed by atoms with Crippen LogP contribution in [0.5, 0.6) is 5.75 Å². The largest absolute Gasteiger partial charge is 0.484 e. The maximum absolute atomic E-state index is 12.0. The molecule has 0 aliphatic heterocycles. The number of alkyl halides is 3. The second kappa shape index (κ2) is 7.32. The average molecular weight is 335 g/mol. The smallest absolute Gasteiger partial charge is 0.422 e. The molecule has 0 heterocycles. The molecule has 0 saturated carbocycles. The van der Waals surface area contributed by atoms with Gasteiger partial charge in [0.2, 0.25) is 0 Å². The van der Waals surface area contributed by atoms with Gasteiger partial charge in [0.15, 0.2) is 12.1 Å². The monoisotopic (exact) mass is 335 g/mol. The van der Waals surface area contributed by atoms with Crippen LogP contribution in [-0.4, -0.2) is 49.0 Å². The highest BCUT2D eigenvalue weighted by Gasteiger charge is 2.35. The van der Waals surface area contributed by atoms with E-state index >= 15 is 0 Å². The summed E-state index contributed by atoms with van der Waals surface area (Å²) in [7, 11) is 1.29. The number of rotatable bonds is 7. The molecule has 1 rings (SSSR count). The Morgan fingerprint density at radius 2 is 1.74 bits per heavy atom. The summed E-state index contributed by atoms with van der Waals surface area (Å²) in [4.78, 5) is 23.2. The van der Waals surface area contributed by atoms with Crippen LogP contribution in [-0.2, 0) is 9.53 Å². The average Bonchev–Trinajstić information content (AvgIpc) is 2.45. The fourth-order valence-electron chi connectivity index (χ4n) is 1.63. The summed E-state index contributed by atoms with van der Waals surface area (Å²) in [5, 5.41) is 11.4. The number of hydrogen-bond acceptors (Lipinski definition) is 4. The van der Waals surface area contributed by atoms with Crippen molar-refractivity contribution >= 4 is 11.9 Å². The predicted octanol–water partition coefficient (Wildman–Crippen LogP) is 1.85. The van der Waals surface area contributed by atoms with Gasteiger partial charge in [-0.1, -0.05) is 0 Å². The first-order valence-corrected chi connectivity index (χ1v) is 6.42. The minimum absolute atomic E-state index is 0.0586. The molecule has 128 valence electrons. The summed E-state index contributed by atoms with van der Waals surface area (Å²) in [5.41, 5.74) is -1.55. The zero-order chi connectivity index (χ0) is 17.7. The number of carboxylic acid groups (broad SMARTS) is 1. The maximum atomic E-state index is 12.0. The van der Waals surface area contributed by atoms with E-state index in [1.807, 2.05) is 0 Å². The molecule has 0 radical (unpaired) electrons. The number of carbonyl (C=O) groups is 2. The molecule has 6 nitrogen and oxygen atoms in total. The first-order valence-electron chi connectivity index (χ1n) is 6.42. The summed E-state index contributed by atoms with van der Waals surface area (Å²) < 4.78 is 45.4. The van der Waals surface area contributed by atoms with Gasteiger partial charge in [-0.2, -0.15) is 13.2 Å². The van der Waals surface area contributed by atoms with Crippen LogP contribution >= 0.6 is 0 Å². The number of amides is 1. The molecule has 0 aliphatic rings. The minimum atomic E-state index is -4.46. The molecular formula is C14H16F3NO5. The van der Waals surface area contributed by atoms with Crippen molar-refractivity contribution in [2.45, 2.75) is 18.6 Å². The van der Waals surface area contributed by atoms with Crippen LogP contribution in [0.3, 0.4) is 0 Å². The van der Waals surface area contributed by atoms with Gasteiger partial charge >= 0.3 is 12.1 Å². The number of benzene rings is 1. The van der Waals surface area contributed by atoms with Crippen LogP contribution in [0.15, 0.2) is 24.3 Å². The lowest BCUT2D eigenvalue weighted by Crippen LogP contribution is -2.55. The minimum Gasteiger partial charge on any atom is -0.484 e. The molecule has 0 spiro atoms. The van der Waals surface area contributed by atoms with Gasteiger partial charge in [0.05, 0.1) is 6.61 Å². The first-order chi connectivity index (χ1) is 10.6. The first kappa shape index (κ1) is 18.8. The summed E-state index contributed by atoms with van der Waals surface area (Å²) in [5.74, 6) is -2.04. The van der Waals surface area contributed by atoms with Crippen molar-refractivity contribution in [1.29, 1.82) is 0 Å². The van der Waals surface area contributed by atoms with Crippen LogP contribution in [0.1, 0.15) is 17.3 Å². The van der Waals surface area contributed by atoms with Gasteiger partial charge in [0.1, 0.15) is 5.75 Å². The molecule has 0 bridgehead atoms. The summed E-state index contributed by atoms with van der Waals surface area (Å²) >= 11 is 0. The van der Waals surface area contributed by atoms with Crippen molar-refractivity contribution in [3.05, 3.63) is 29.8 Å². The van der Waals surface area contributed by atoms with Crippen LogP contribution in [0.2, 0.25) is 0 Å². The Morgan fingerprint density at radius 3 is 2.17 bits per heavy atom. The summed E-state index contributed by atoms with van der Waals surface area (Å²) in [6.45, 7) is -0.415.